The molecule has 0 aliphatic carbocycles. The van der Waals surface area contributed by atoms with Crippen molar-refractivity contribution in [2.24, 2.45) is 5.73 Å². The fourth-order valence-corrected chi connectivity index (χ4v) is 1.44. The van der Waals surface area contributed by atoms with E-state index in [0.29, 0.717) is 28.8 Å². The van der Waals surface area contributed by atoms with Crippen molar-refractivity contribution >= 4 is 34.9 Å². The number of likely N-dealkylation sites (N-methyl/N-ethyl adjacent to an activating group) is 1. The monoisotopic (exact) mass is 261 g/mol. The lowest BCUT2D eigenvalue weighted by Crippen LogP contribution is -2.35. The first-order valence-corrected chi connectivity index (χ1v) is 5.47. The molecule has 4 nitrogen and oxygen atoms in total. The number of hydrogen-bond donors (Lipinski definition) is 2. The van der Waals surface area contributed by atoms with E-state index in [4.69, 9.17) is 28.9 Å². The lowest BCUT2D eigenvalue weighted by molar-refractivity contribution is 0.223. The van der Waals surface area contributed by atoms with Gasteiger partial charge in [-0.1, -0.05) is 23.2 Å². The molecule has 0 unspecified atom stereocenters. The van der Waals surface area contributed by atoms with Crippen LogP contribution in [0.15, 0.2) is 18.2 Å². The minimum atomic E-state index is -0.269. The zero-order chi connectivity index (χ0) is 12.1. The third kappa shape index (κ3) is 3.56. The van der Waals surface area contributed by atoms with Crippen molar-refractivity contribution in [1.82, 2.24) is 4.90 Å². The third-order valence-corrected chi connectivity index (χ3v) is 2.55. The Kier molecular flexibility index (Phi) is 4.86. The molecule has 0 aliphatic rings. The number of carbonyl (C=O) groups excluding carboxylic acids is 1. The smallest absolute Gasteiger partial charge is 0.321 e. The van der Waals surface area contributed by atoms with Gasteiger partial charge in [-0.15, -0.1) is 0 Å². The largest absolute Gasteiger partial charge is 0.329 e. The molecular weight excluding hydrogens is 249 g/mol. The van der Waals surface area contributed by atoms with Crippen LogP contribution in [0.5, 0.6) is 0 Å². The zero-order valence-electron chi connectivity index (χ0n) is 8.84. The molecule has 0 atom stereocenters. The highest BCUT2D eigenvalue weighted by molar-refractivity contribution is 6.35. The van der Waals surface area contributed by atoms with Gasteiger partial charge in [-0.3, -0.25) is 0 Å². The lowest BCUT2D eigenvalue weighted by Gasteiger charge is -2.17. The van der Waals surface area contributed by atoms with Crippen LogP contribution in [0.25, 0.3) is 0 Å². The average molecular weight is 262 g/mol. The lowest BCUT2D eigenvalue weighted by atomic mass is 10.3. The SMILES string of the molecule is CN(CCN)C(=O)Nc1cc(Cl)ccc1Cl. The second-order valence-corrected chi connectivity index (χ2v) is 4.11. The Hall–Kier alpha value is -0.970. The number of nitrogens with zero attached hydrogens (tertiary/aromatic N) is 1. The molecule has 0 fully saturated rings. The predicted octanol–water partition coefficient (Wildman–Crippen LogP) is 2.42. The second kappa shape index (κ2) is 5.94. The standard InChI is InChI=1S/C10H13Cl2N3O/c1-15(5-4-13)10(16)14-9-6-7(11)2-3-8(9)12/h2-3,6H,4-5,13H2,1H3,(H,14,16). The van der Waals surface area contributed by atoms with Crippen LogP contribution < -0.4 is 11.1 Å². The molecule has 0 bridgehead atoms. The normalized spacial score (nSPS) is 10.0. The van der Waals surface area contributed by atoms with Crippen LogP contribution in [0.3, 0.4) is 0 Å². The van der Waals surface area contributed by atoms with E-state index < -0.39 is 0 Å². The Bertz CT molecular complexity index is 384. The van der Waals surface area contributed by atoms with Gasteiger partial charge in [-0.05, 0) is 18.2 Å². The molecule has 0 heterocycles. The molecule has 0 aromatic heterocycles. The fraction of sp³-hybridized carbons (Fsp3) is 0.300. The van der Waals surface area contributed by atoms with Gasteiger partial charge in [0.25, 0.3) is 0 Å². The summed E-state index contributed by atoms with van der Waals surface area (Å²) in [4.78, 5) is 13.1. The van der Waals surface area contributed by atoms with Gasteiger partial charge in [-0.2, -0.15) is 0 Å². The third-order valence-electron chi connectivity index (χ3n) is 1.98. The number of nitrogens with one attached hydrogen (secondary N) is 1. The summed E-state index contributed by atoms with van der Waals surface area (Å²) >= 11 is 11.7. The molecule has 3 N–H and O–H groups in total. The number of benzene rings is 1. The van der Waals surface area contributed by atoms with Gasteiger partial charge < -0.3 is 16.0 Å². The molecule has 6 heteroatoms. The summed E-state index contributed by atoms with van der Waals surface area (Å²) in [5.41, 5.74) is 5.83. The Morgan fingerprint density at radius 3 is 2.81 bits per heavy atom. The van der Waals surface area contributed by atoms with Crippen molar-refractivity contribution < 1.29 is 4.79 Å². The molecule has 0 aliphatic heterocycles. The Balaban J connectivity index is 2.72. The molecule has 0 radical (unpaired) electrons. The first-order valence-electron chi connectivity index (χ1n) is 4.72. The van der Waals surface area contributed by atoms with Crippen molar-refractivity contribution in [3.63, 3.8) is 0 Å². The molecule has 2 amide bonds. The van der Waals surface area contributed by atoms with Gasteiger partial charge >= 0.3 is 6.03 Å². The molecule has 0 saturated heterocycles. The van der Waals surface area contributed by atoms with Crippen LogP contribution in [0.1, 0.15) is 0 Å². The number of carbonyl (C=O) groups is 1. The summed E-state index contributed by atoms with van der Waals surface area (Å²) in [6.07, 6.45) is 0. The summed E-state index contributed by atoms with van der Waals surface area (Å²) in [5.74, 6) is 0. The maximum Gasteiger partial charge on any atom is 0.321 e. The summed E-state index contributed by atoms with van der Waals surface area (Å²) < 4.78 is 0. The van der Waals surface area contributed by atoms with Gasteiger partial charge in [0.05, 0.1) is 10.7 Å². The molecule has 1 aromatic rings. The average Bonchev–Trinajstić information content (AvgIpc) is 2.23. The first-order chi connectivity index (χ1) is 7.54. The van der Waals surface area contributed by atoms with Crippen LogP contribution in [0, 0.1) is 0 Å². The van der Waals surface area contributed by atoms with Gasteiger partial charge in [0.1, 0.15) is 0 Å². The zero-order valence-corrected chi connectivity index (χ0v) is 10.3. The molecule has 0 saturated carbocycles. The topological polar surface area (TPSA) is 58.4 Å². The minimum absolute atomic E-state index is 0.269. The van der Waals surface area contributed by atoms with Crippen molar-refractivity contribution in [2.45, 2.75) is 0 Å². The highest BCUT2D eigenvalue weighted by atomic mass is 35.5. The Morgan fingerprint density at radius 1 is 1.50 bits per heavy atom. The highest BCUT2D eigenvalue weighted by Gasteiger charge is 2.10. The maximum absolute atomic E-state index is 11.6. The van der Waals surface area contributed by atoms with Gasteiger partial charge in [0.15, 0.2) is 0 Å². The summed E-state index contributed by atoms with van der Waals surface area (Å²) in [5, 5.41) is 3.61. The molecule has 1 aromatic carbocycles. The number of urea groups is 1. The molecule has 16 heavy (non-hydrogen) atoms. The van der Waals surface area contributed by atoms with Crippen molar-refractivity contribution in [3.05, 3.63) is 28.2 Å². The number of amides is 2. The number of halogens is 2. The number of anilines is 1. The molecule has 1 rings (SSSR count). The Labute approximate surface area is 104 Å². The first kappa shape index (κ1) is 13.1. The van der Waals surface area contributed by atoms with Gasteiger partial charge in [0.2, 0.25) is 0 Å². The fourth-order valence-electron chi connectivity index (χ4n) is 1.10. The van der Waals surface area contributed by atoms with Crippen molar-refractivity contribution in [2.75, 3.05) is 25.5 Å². The van der Waals surface area contributed by atoms with E-state index in [2.05, 4.69) is 5.32 Å². The molecule has 88 valence electrons. The van der Waals surface area contributed by atoms with Crippen LogP contribution in [0.2, 0.25) is 10.0 Å². The van der Waals surface area contributed by atoms with E-state index in [1.54, 1.807) is 25.2 Å². The van der Waals surface area contributed by atoms with E-state index in [-0.39, 0.29) is 6.03 Å². The van der Waals surface area contributed by atoms with Gasteiger partial charge in [0, 0.05) is 25.2 Å². The number of rotatable bonds is 3. The summed E-state index contributed by atoms with van der Waals surface area (Å²) in [6, 6.07) is 4.61. The highest BCUT2D eigenvalue weighted by Crippen LogP contribution is 2.25. The van der Waals surface area contributed by atoms with Crippen LogP contribution >= 0.6 is 23.2 Å². The van der Waals surface area contributed by atoms with E-state index in [1.165, 1.54) is 4.90 Å². The van der Waals surface area contributed by atoms with Crippen molar-refractivity contribution in [3.8, 4) is 0 Å². The van der Waals surface area contributed by atoms with Gasteiger partial charge in [-0.25, -0.2) is 4.79 Å². The van der Waals surface area contributed by atoms with E-state index in [0.717, 1.165) is 0 Å². The predicted molar refractivity (Wildman–Crippen MR) is 67.2 cm³/mol. The summed E-state index contributed by atoms with van der Waals surface area (Å²) in [7, 11) is 1.65. The van der Waals surface area contributed by atoms with Crippen LogP contribution in [-0.2, 0) is 0 Å². The number of nitrogens with two attached hydrogens (primary N) is 1. The summed E-state index contributed by atoms with van der Waals surface area (Å²) in [6.45, 7) is 0.886. The second-order valence-electron chi connectivity index (χ2n) is 3.26. The van der Waals surface area contributed by atoms with E-state index >= 15 is 0 Å². The quantitative estimate of drug-likeness (QED) is 0.878. The maximum atomic E-state index is 11.6. The van der Waals surface area contributed by atoms with E-state index in [9.17, 15) is 4.79 Å². The van der Waals surface area contributed by atoms with Crippen LogP contribution in [-0.4, -0.2) is 31.1 Å². The molecular formula is C10H13Cl2N3O. The number of hydrogen-bond acceptors (Lipinski definition) is 2. The van der Waals surface area contributed by atoms with Crippen molar-refractivity contribution in [1.29, 1.82) is 0 Å². The Morgan fingerprint density at radius 2 is 2.19 bits per heavy atom. The van der Waals surface area contributed by atoms with Crippen LogP contribution in [0.4, 0.5) is 10.5 Å². The minimum Gasteiger partial charge on any atom is -0.329 e. The molecule has 0 spiro atoms. The van der Waals surface area contributed by atoms with E-state index in [1.807, 2.05) is 0 Å².